The number of hydrogen-bond acceptors (Lipinski definition) is 7. The molecule has 5 rings (SSSR count). The minimum Gasteiger partial charge on any atom is -0.463 e. The summed E-state index contributed by atoms with van der Waals surface area (Å²) >= 11 is 1.31. The third-order valence-electron chi connectivity index (χ3n) is 6.06. The van der Waals surface area contributed by atoms with E-state index in [4.69, 9.17) is 14.2 Å². The molecule has 0 bridgehead atoms. The van der Waals surface area contributed by atoms with Crippen molar-refractivity contribution in [3.63, 3.8) is 0 Å². The minimum absolute atomic E-state index is 0.136. The van der Waals surface area contributed by atoms with Gasteiger partial charge < -0.3 is 14.2 Å². The summed E-state index contributed by atoms with van der Waals surface area (Å²) in [7, 11) is 0. The maximum absolute atomic E-state index is 13.7. The smallest absolute Gasteiger partial charge is 0.338 e. The molecule has 2 aliphatic rings. The van der Waals surface area contributed by atoms with Gasteiger partial charge in [-0.2, -0.15) is 0 Å². The first-order chi connectivity index (χ1) is 16.4. The van der Waals surface area contributed by atoms with Gasteiger partial charge in [-0.15, -0.1) is 0 Å². The molecule has 0 fully saturated rings. The van der Waals surface area contributed by atoms with Crippen molar-refractivity contribution in [2.75, 3.05) is 13.4 Å². The fraction of sp³-hybridized carbons (Fsp3) is 0.269. The lowest BCUT2D eigenvalue weighted by Crippen LogP contribution is -2.39. The van der Waals surface area contributed by atoms with Crippen molar-refractivity contribution in [3.05, 3.63) is 89.6 Å². The van der Waals surface area contributed by atoms with Gasteiger partial charge in [-0.25, -0.2) is 9.79 Å². The molecule has 1 aromatic heterocycles. The van der Waals surface area contributed by atoms with E-state index in [0.717, 1.165) is 16.7 Å². The number of carbonyl (C=O) groups is 1. The van der Waals surface area contributed by atoms with Crippen molar-refractivity contribution >= 4 is 23.4 Å². The molecular formula is C26H24N2O5S. The Kier molecular flexibility index (Phi) is 5.61. The average Bonchev–Trinajstić information content (AvgIpc) is 3.39. The summed E-state index contributed by atoms with van der Waals surface area (Å²) in [5.41, 5.74) is 4.66. The van der Waals surface area contributed by atoms with Crippen LogP contribution in [0, 0.1) is 13.8 Å². The zero-order valence-corrected chi connectivity index (χ0v) is 20.2. The van der Waals surface area contributed by atoms with Gasteiger partial charge in [-0.05, 0) is 68.2 Å². The second-order valence-electron chi connectivity index (χ2n) is 8.26. The number of hydrogen-bond donors (Lipinski definition) is 0. The number of esters is 1. The Labute approximate surface area is 200 Å². The predicted molar refractivity (Wildman–Crippen MR) is 129 cm³/mol. The molecule has 0 radical (unpaired) electrons. The van der Waals surface area contributed by atoms with Gasteiger partial charge in [-0.3, -0.25) is 9.36 Å². The van der Waals surface area contributed by atoms with Gasteiger partial charge in [0, 0.05) is 0 Å². The molecule has 2 aliphatic heterocycles. The SMILES string of the molecule is CCOC(=O)C1=C(C)N=c2s/c(=C\c3ccc(C)c(C)c3)c(=O)n2C1c1ccc2c(c1)OCO2. The molecule has 1 atom stereocenters. The maximum Gasteiger partial charge on any atom is 0.338 e. The third kappa shape index (κ3) is 3.74. The second kappa shape index (κ2) is 8.61. The van der Waals surface area contributed by atoms with E-state index in [-0.39, 0.29) is 19.0 Å². The van der Waals surface area contributed by atoms with Crippen LogP contribution in [0.4, 0.5) is 0 Å². The van der Waals surface area contributed by atoms with Crippen LogP contribution in [0.2, 0.25) is 0 Å². The maximum atomic E-state index is 13.7. The molecule has 0 saturated heterocycles. The Morgan fingerprint density at radius 1 is 1.15 bits per heavy atom. The quantitative estimate of drug-likeness (QED) is 0.541. The molecule has 1 unspecified atom stereocenters. The normalized spacial score (nSPS) is 16.9. The highest BCUT2D eigenvalue weighted by molar-refractivity contribution is 7.07. The number of fused-ring (bicyclic) bond motifs is 2. The van der Waals surface area contributed by atoms with Gasteiger partial charge in [0.2, 0.25) is 6.79 Å². The summed E-state index contributed by atoms with van der Waals surface area (Å²) in [5.74, 6) is 0.715. The molecule has 0 N–H and O–H groups in total. The standard InChI is InChI=1S/C26H24N2O5S/c1-5-31-25(30)22-16(4)27-26-28(23(22)18-8-9-19-20(12-18)33-13-32-19)24(29)21(34-26)11-17-7-6-14(2)15(3)10-17/h6-12,23H,5,13H2,1-4H3/b21-11-. The number of nitrogens with zero attached hydrogens (tertiary/aromatic N) is 2. The molecule has 0 aliphatic carbocycles. The van der Waals surface area contributed by atoms with Crippen LogP contribution in [0.3, 0.4) is 0 Å². The summed E-state index contributed by atoms with van der Waals surface area (Å²) in [6.45, 7) is 7.98. The van der Waals surface area contributed by atoms with E-state index >= 15 is 0 Å². The van der Waals surface area contributed by atoms with Crippen LogP contribution in [-0.4, -0.2) is 23.9 Å². The lowest BCUT2D eigenvalue weighted by atomic mass is 9.95. The van der Waals surface area contributed by atoms with Crippen molar-refractivity contribution < 1.29 is 19.0 Å². The van der Waals surface area contributed by atoms with Gasteiger partial charge >= 0.3 is 5.97 Å². The predicted octanol–water partition coefficient (Wildman–Crippen LogP) is 3.14. The van der Waals surface area contributed by atoms with E-state index in [1.165, 1.54) is 16.9 Å². The number of thiazole rings is 1. The highest BCUT2D eigenvalue weighted by atomic mass is 32.1. The Hall–Kier alpha value is -3.65. The van der Waals surface area contributed by atoms with Gasteiger partial charge in [0.05, 0.1) is 28.5 Å². The van der Waals surface area contributed by atoms with Crippen molar-refractivity contribution in [1.82, 2.24) is 4.57 Å². The van der Waals surface area contributed by atoms with E-state index < -0.39 is 12.0 Å². The monoisotopic (exact) mass is 476 g/mol. The Balaban J connectivity index is 1.72. The Morgan fingerprint density at radius 2 is 1.94 bits per heavy atom. The number of allylic oxidation sites excluding steroid dienone is 1. The summed E-state index contributed by atoms with van der Waals surface area (Å²) in [6.07, 6.45) is 1.87. The summed E-state index contributed by atoms with van der Waals surface area (Å²) in [5, 5.41) is 0. The number of aromatic nitrogens is 1. The fourth-order valence-electron chi connectivity index (χ4n) is 4.20. The van der Waals surface area contributed by atoms with Gasteiger partial charge in [-0.1, -0.05) is 35.6 Å². The first kappa shape index (κ1) is 22.2. The first-order valence-electron chi connectivity index (χ1n) is 11.0. The summed E-state index contributed by atoms with van der Waals surface area (Å²) in [4.78, 5) is 31.8. The highest BCUT2D eigenvalue weighted by Gasteiger charge is 2.34. The molecule has 7 nitrogen and oxygen atoms in total. The van der Waals surface area contributed by atoms with Crippen LogP contribution in [0.25, 0.3) is 6.08 Å². The largest absolute Gasteiger partial charge is 0.463 e. The molecule has 0 saturated carbocycles. The Bertz CT molecular complexity index is 1530. The van der Waals surface area contributed by atoms with Crippen LogP contribution in [0.15, 0.2) is 57.5 Å². The molecule has 174 valence electrons. The van der Waals surface area contributed by atoms with Gasteiger partial charge in [0.15, 0.2) is 16.3 Å². The van der Waals surface area contributed by atoms with Crippen LogP contribution >= 0.6 is 11.3 Å². The van der Waals surface area contributed by atoms with Crippen LogP contribution < -0.4 is 24.4 Å². The zero-order valence-electron chi connectivity index (χ0n) is 19.4. The zero-order chi connectivity index (χ0) is 24.0. The van der Waals surface area contributed by atoms with Crippen LogP contribution in [0.5, 0.6) is 11.5 Å². The molecule has 8 heteroatoms. The van der Waals surface area contributed by atoms with Gasteiger partial charge in [0.1, 0.15) is 0 Å². The molecule has 0 spiro atoms. The van der Waals surface area contributed by atoms with Crippen molar-refractivity contribution in [3.8, 4) is 11.5 Å². The van der Waals surface area contributed by atoms with Gasteiger partial charge in [0.25, 0.3) is 5.56 Å². The van der Waals surface area contributed by atoms with E-state index in [9.17, 15) is 9.59 Å². The topological polar surface area (TPSA) is 79.1 Å². The number of rotatable bonds is 4. The van der Waals surface area contributed by atoms with Crippen molar-refractivity contribution in [1.29, 1.82) is 0 Å². The van der Waals surface area contributed by atoms with E-state index in [1.807, 2.05) is 37.3 Å². The fourth-order valence-corrected chi connectivity index (χ4v) is 5.24. The Morgan fingerprint density at radius 3 is 2.71 bits per heavy atom. The summed E-state index contributed by atoms with van der Waals surface area (Å²) < 4.78 is 18.5. The molecular weight excluding hydrogens is 452 g/mol. The third-order valence-corrected chi connectivity index (χ3v) is 7.04. The van der Waals surface area contributed by atoms with Crippen molar-refractivity contribution in [2.24, 2.45) is 4.99 Å². The molecule has 0 amide bonds. The first-order valence-corrected chi connectivity index (χ1v) is 11.9. The van der Waals surface area contributed by atoms with E-state index in [1.54, 1.807) is 24.5 Å². The second-order valence-corrected chi connectivity index (χ2v) is 9.27. The lowest BCUT2D eigenvalue weighted by Gasteiger charge is -2.24. The number of carbonyl (C=O) groups excluding carboxylic acids is 1. The van der Waals surface area contributed by atoms with Crippen LogP contribution in [0.1, 0.15) is 42.1 Å². The molecule has 3 aromatic rings. The van der Waals surface area contributed by atoms with E-state index in [0.29, 0.717) is 32.1 Å². The number of benzene rings is 2. The van der Waals surface area contributed by atoms with Crippen LogP contribution in [-0.2, 0) is 9.53 Å². The number of aryl methyl sites for hydroxylation is 2. The highest BCUT2D eigenvalue weighted by Crippen LogP contribution is 2.38. The van der Waals surface area contributed by atoms with E-state index in [2.05, 4.69) is 18.0 Å². The molecule has 3 heterocycles. The molecule has 34 heavy (non-hydrogen) atoms. The average molecular weight is 477 g/mol. The summed E-state index contributed by atoms with van der Waals surface area (Å²) in [6, 6.07) is 10.8. The van der Waals surface area contributed by atoms with Crippen molar-refractivity contribution in [2.45, 2.75) is 33.7 Å². The number of ether oxygens (including phenoxy) is 3. The minimum atomic E-state index is -0.688. The molecule has 2 aromatic carbocycles. The lowest BCUT2D eigenvalue weighted by molar-refractivity contribution is -0.139.